The number of fused-ring (bicyclic) bond motifs is 1. The van der Waals surface area contributed by atoms with E-state index in [0.717, 1.165) is 0 Å². The van der Waals surface area contributed by atoms with Crippen LogP contribution in [0, 0.1) is 22.7 Å². The van der Waals surface area contributed by atoms with Crippen LogP contribution in [-0.2, 0) is 28.6 Å². The zero-order chi connectivity index (χ0) is 18.1. The van der Waals surface area contributed by atoms with Crippen LogP contribution in [-0.4, -0.2) is 44.3 Å². The highest BCUT2D eigenvalue weighted by molar-refractivity contribution is 7.87. The molecule has 3 aliphatic rings. The molecule has 1 heterocycles. The minimum Gasteiger partial charge on any atom is -0.458 e. The molecule has 1 aliphatic heterocycles. The summed E-state index contributed by atoms with van der Waals surface area (Å²) in [4.78, 5) is 23.9. The van der Waals surface area contributed by atoms with Crippen molar-refractivity contribution in [3.05, 3.63) is 0 Å². The van der Waals surface area contributed by atoms with Gasteiger partial charge in [0.1, 0.15) is 18.8 Å². The largest absolute Gasteiger partial charge is 0.458 e. The van der Waals surface area contributed by atoms with Crippen molar-refractivity contribution in [3.63, 3.8) is 0 Å². The van der Waals surface area contributed by atoms with Gasteiger partial charge in [-0.15, -0.1) is 0 Å². The van der Waals surface area contributed by atoms with E-state index in [2.05, 4.69) is 5.32 Å². The highest BCUT2D eigenvalue weighted by Gasteiger charge is 2.73. The van der Waals surface area contributed by atoms with Crippen LogP contribution in [0.4, 0.5) is 0 Å². The first kappa shape index (κ1) is 17.7. The third-order valence-electron chi connectivity index (χ3n) is 5.73. The first-order valence-corrected chi connectivity index (χ1v) is 9.73. The van der Waals surface area contributed by atoms with Crippen molar-refractivity contribution in [2.24, 2.45) is 22.7 Å². The number of hydrogen-bond donors (Lipinski definition) is 1. The molecule has 5 atom stereocenters. The Morgan fingerprint density at radius 1 is 1.29 bits per heavy atom. The first-order valence-electron chi connectivity index (χ1n) is 8.25. The second-order valence-corrected chi connectivity index (χ2v) is 10.5. The van der Waals surface area contributed by atoms with Crippen LogP contribution < -0.4 is 5.32 Å². The van der Waals surface area contributed by atoms with Gasteiger partial charge in [-0.1, -0.05) is 34.6 Å². The van der Waals surface area contributed by atoms with Crippen LogP contribution in [0.1, 0.15) is 41.0 Å². The summed E-state index contributed by atoms with van der Waals surface area (Å²) in [7, 11) is -3.58. The van der Waals surface area contributed by atoms with E-state index in [0.29, 0.717) is 6.42 Å². The number of rotatable bonds is 3. The Morgan fingerprint density at radius 3 is 2.50 bits per heavy atom. The molecule has 0 aromatic carbocycles. The van der Waals surface area contributed by atoms with E-state index < -0.39 is 39.0 Å². The summed E-state index contributed by atoms with van der Waals surface area (Å²) in [6, 6.07) is 0. The lowest BCUT2D eigenvalue weighted by Gasteiger charge is -2.26. The Kier molecular flexibility index (Phi) is 3.81. The van der Waals surface area contributed by atoms with Crippen LogP contribution in [0.15, 0.2) is 0 Å². The highest BCUT2D eigenvalue weighted by atomic mass is 32.2. The third kappa shape index (κ3) is 2.54. The van der Waals surface area contributed by atoms with E-state index in [9.17, 15) is 18.0 Å². The maximum atomic E-state index is 12.1. The quantitative estimate of drug-likeness (QED) is 0.592. The maximum absolute atomic E-state index is 12.1. The Bertz CT molecular complexity index is 677. The molecule has 24 heavy (non-hydrogen) atoms. The van der Waals surface area contributed by atoms with Gasteiger partial charge in [-0.05, 0) is 11.8 Å². The van der Waals surface area contributed by atoms with E-state index in [1.54, 1.807) is 20.8 Å². The summed E-state index contributed by atoms with van der Waals surface area (Å²) in [6.45, 7) is 9.05. The number of hydrogen-bond acceptors (Lipinski definition) is 6. The molecule has 0 radical (unpaired) electrons. The van der Waals surface area contributed by atoms with Crippen LogP contribution in [0.2, 0.25) is 0 Å². The number of carbonyl (C=O) groups is 2. The van der Waals surface area contributed by atoms with Gasteiger partial charge in [0.25, 0.3) is 10.1 Å². The van der Waals surface area contributed by atoms with Crippen LogP contribution in [0.5, 0.6) is 0 Å². The molecule has 5 unspecified atom stereocenters. The molecule has 0 aromatic heterocycles. The van der Waals surface area contributed by atoms with Crippen molar-refractivity contribution >= 4 is 22.0 Å². The molecule has 0 aromatic rings. The number of nitrogens with one attached hydrogen (secondary N) is 1. The van der Waals surface area contributed by atoms with Gasteiger partial charge in [-0.3, -0.25) is 13.8 Å². The fourth-order valence-electron chi connectivity index (χ4n) is 4.45. The zero-order valence-corrected chi connectivity index (χ0v) is 15.5. The monoisotopic (exact) mass is 359 g/mol. The molecule has 1 N–H and O–H groups in total. The van der Waals surface area contributed by atoms with Crippen molar-refractivity contribution in [3.8, 4) is 0 Å². The fraction of sp³-hybridized carbons (Fsp3) is 0.875. The summed E-state index contributed by atoms with van der Waals surface area (Å²) in [5, 5.41) is 2.06. The Balaban J connectivity index is 1.67. The lowest BCUT2D eigenvalue weighted by molar-refractivity contribution is -0.156. The number of esters is 1. The predicted molar refractivity (Wildman–Crippen MR) is 85.3 cm³/mol. The minimum atomic E-state index is -3.58. The lowest BCUT2D eigenvalue weighted by atomic mass is 9.81. The molecule has 1 amide bonds. The highest BCUT2D eigenvalue weighted by Crippen LogP contribution is 2.64. The van der Waals surface area contributed by atoms with Gasteiger partial charge in [-0.2, -0.15) is 8.42 Å². The molecule has 2 saturated carbocycles. The number of ether oxygens (including phenoxy) is 1. The zero-order valence-electron chi connectivity index (χ0n) is 14.7. The van der Waals surface area contributed by atoms with Crippen molar-refractivity contribution in [1.29, 1.82) is 0 Å². The molecule has 0 spiro atoms. The average molecular weight is 359 g/mol. The molecule has 8 heteroatoms. The van der Waals surface area contributed by atoms with Gasteiger partial charge < -0.3 is 10.1 Å². The minimum absolute atomic E-state index is 0.0444. The first-order chi connectivity index (χ1) is 10.9. The van der Waals surface area contributed by atoms with Crippen molar-refractivity contribution in [1.82, 2.24) is 5.32 Å². The fourth-order valence-corrected chi connectivity index (χ4v) is 6.44. The molecule has 7 nitrogen and oxygen atoms in total. The molecule has 2 bridgehead atoms. The Morgan fingerprint density at radius 2 is 1.92 bits per heavy atom. The molecular weight excluding hydrogens is 334 g/mol. The Hall–Kier alpha value is -1.15. The maximum Gasteiger partial charge on any atom is 0.325 e. The van der Waals surface area contributed by atoms with E-state index in [-0.39, 0.29) is 29.7 Å². The number of amides is 1. The summed E-state index contributed by atoms with van der Waals surface area (Å²) < 4.78 is 35.0. The van der Waals surface area contributed by atoms with Crippen LogP contribution >= 0.6 is 0 Å². The smallest absolute Gasteiger partial charge is 0.325 e. The van der Waals surface area contributed by atoms with Crippen molar-refractivity contribution in [2.45, 2.75) is 58.5 Å². The van der Waals surface area contributed by atoms with E-state index in [1.165, 1.54) is 0 Å². The second-order valence-electron chi connectivity index (χ2n) is 8.67. The molecular formula is C16H25NO6S. The van der Waals surface area contributed by atoms with E-state index in [1.807, 2.05) is 13.8 Å². The van der Waals surface area contributed by atoms with Gasteiger partial charge >= 0.3 is 5.97 Å². The van der Waals surface area contributed by atoms with Crippen LogP contribution in [0.25, 0.3) is 0 Å². The van der Waals surface area contributed by atoms with Crippen LogP contribution in [0.3, 0.4) is 0 Å². The molecule has 2 aliphatic carbocycles. The molecule has 3 fully saturated rings. The summed E-state index contributed by atoms with van der Waals surface area (Å²) in [6.07, 6.45) is -0.712. The van der Waals surface area contributed by atoms with Gasteiger partial charge in [0.05, 0.1) is 5.25 Å². The van der Waals surface area contributed by atoms with Gasteiger partial charge in [-0.25, -0.2) is 0 Å². The topological polar surface area (TPSA) is 98.8 Å². The third-order valence-corrected chi connectivity index (χ3v) is 7.45. The lowest BCUT2D eigenvalue weighted by Crippen LogP contribution is -2.42. The average Bonchev–Trinajstić information content (AvgIpc) is 2.89. The van der Waals surface area contributed by atoms with Crippen molar-refractivity contribution < 1.29 is 26.9 Å². The van der Waals surface area contributed by atoms with E-state index >= 15 is 0 Å². The van der Waals surface area contributed by atoms with Gasteiger partial charge in [0.15, 0.2) is 0 Å². The SMILES string of the molecule is CC(C)(C)C(=O)NCC(=O)OC1C2OS(=O)(=O)C3CC1C(C)(C)C23. The normalized spacial score (nSPS) is 38.1. The predicted octanol–water partition coefficient (Wildman–Crippen LogP) is 0.834. The standard InChI is InChI=1S/C16H25NO6S/c1-15(2,3)14(19)17-7-10(18)22-12-8-6-9-11(16(8,4)5)13(12)23-24(9,20)21/h8-9,11-13H,6-7H2,1-5H3,(H,17,19). The van der Waals surface area contributed by atoms with Crippen molar-refractivity contribution in [2.75, 3.05) is 6.54 Å². The molecule has 1 saturated heterocycles. The molecule has 3 rings (SSSR count). The summed E-state index contributed by atoms with van der Waals surface area (Å²) in [5.74, 6) is -0.996. The van der Waals surface area contributed by atoms with Gasteiger partial charge in [0.2, 0.25) is 5.91 Å². The number of carbonyl (C=O) groups excluding carboxylic acids is 2. The van der Waals surface area contributed by atoms with E-state index in [4.69, 9.17) is 8.92 Å². The molecule has 136 valence electrons. The van der Waals surface area contributed by atoms with Gasteiger partial charge in [0, 0.05) is 17.3 Å². The second kappa shape index (κ2) is 5.17. The summed E-state index contributed by atoms with van der Waals surface area (Å²) in [5.41, 5.74) is -0.844. The summed E-state index contributed by atoms with van der Waals surface area (Å²) >= 11 is 0. The Labute approximate surface area is 142 Å².